The highest BCUT2D eigenvalue weighted by atomic mass is 35.5. The summed E-state index contributed by atoms with van der Waals surface area (Å²) in [6, 6.07) is 6.11. The fourth-order valence-corrected chi connectivity index (χ4v) is 2.56. The van der Waals surface area contributed by atoms with E-state index in [1.54, 1.807) is 43.0 Å². The van der Waals surface area contributed by atoms with Crippen LogP contribution < -0.4 is 5.32 Å². The van der Waals surface area contributed by atoms with Crippen LogP contribution in [0.1, 0.15) is 16.8 Å². The van der Waals surface area contributed by atoms with Crippen molar-refractivity contribution in [2.45, 2.75) is 26.0 Å². The van der Waals surface area contributed by atoms with Crippen LogP contribution in [0, 0.1) is 6.92 Å². The average molecular weight is 366 g/mol. The quantitative estimate of drug-likeness (QED) is 0.742. The molecule has 2 aromatic rings. The van der Waals surface area contributed by atoms with Crippen molar-refractivity contribution >= 4 is 23.5 Å². The molecule has 1 aromatic heterocycles. The number of carbonyl (C=O) groups excluding carboxylic acids is 1. The first-order chi connectivity index (χ1) is 11.9. The minimum absolute atomic E-state index is 0.158. The monoisotopic (exact) mass is 365 g/mol. The van der Waals surface area contributed by atoms with Crippen molar-refractivity contribution in [3.05, 3.63) is 52.3 Å². The largest absolute Gasteiger partial charge is 0.480 e. The molecule has 0 saturated heterocycles. The summed E-state index contributed by atoms with van der Waals surface area (Å²) in [6.45, 7) is 1.72. The number of nitrogens with zero attached hydrogens (tertiary/aromatic N) is 2. The molecular formula is C17H20ClN3O4. The van der Waals surface area contributed by atoms with Gasteiger partial charge in [-0.3, -0.25) is 9.48 Å². The maximum atomic E-state index is 12.0. The first-order valence-electron chi connectivity index (χ1n) is 7.69. The molecule has 0 radical (unpaired) electrons. The normalized spacial score (nSPS) is 12.0. The lowest BCUT2D eigenvalue weighted by Crippen LogP contribution is -2.43. The highest BCUT2D eigenvalue weighted by Gasteiger charge is 2.22. The van der Waals surface area contributed by atoms with Gasteiger partial charge >= 0.3 is 5.97 Å². The number of hydrogen-bond acceptors (Lipinski definition) is 4. The van der Waals surface area contributed by atoms with Gasteiger partial charge in [-0.25, -0.2) is 4.79 Å². The summed E-state index contributed by atoms with van der Waals surface area (Å²) in [7, 11) is 1.76. The van der Waals surface area contributed by atoms with Crippen LogP contribution in [0.2, 0.25) is 5.02 Å². The van der Waals surface area contributed by atoms with Crippen molar-refractivity contribution in [3.63, 3.8) is 0 Å². The number of carbonyl (C=O) groups is 2. The van der Waals surface area contributed by atoms with Crippen LogP contribution in [0.15, 0.2) is 30.5 Å². The molecule has 0 bridgehead atoms. The molecule has 2 N–H and O–H groups in total. The van der Waals surface area contributed by atoms with Gasteiger partial charge in [0, 0.05) is 24.7 Å². The zero-order valence-corrected chi connectivity index (χ0v) is 14.8. The SMILES string of the molecule is Cc1nn(C)cc1CC(NC(=O)COCc1ccccc1Cl)C(=O)O. The number of amides is 1. The summed E-state index contributed by atoms with van der Waals surface area (Å²) < 4.78 is 6.92. The lowest BCUT2D eigenvalue weighted by atomic mass is 10.1. The number of rotatable bonds is 8. The number of aliphatic carboxylic acids is 1. The second-order valence-electron chi connectivity index (χ2n) is 5.66. The zero-order valence-electron chi connectivity index (χ0n) is 14.0. The van der Waals surface area contributed by atoms with Crippen LogP contribution in [0.4, 0.5) is 0 Å². The lowest BCUT2D eigenvalue weighted by Gasteiger charge is -2.14. The van der Waals surface area contributed by atoms with Crippen molar-refractivity contribution in [1.29, 1.82) is 0 Å². The minimum Gasteiger partial charge on any atom is -0.480 e. The van der Waals surface area contributed by atoms with Gasteiger partial charge in [0.1, 0.15) is 12.6 Å². The van der Waals surface area contributed by atoms with E-state index < -0.39 is 17.9 Å². The van der Waals surface area contributed by atoms with E-state index in [2.05, 4.69) is 10.4 Å². The van der Waals surface area contributed by atoms with Gasteiger partial charge in [0.25, 0.3) is 0 Å². The Morgan fingerprint density at radius 3 is 2.68 bits per heavy atom. The fourth-order valence-electron chi connectivity index (χ4n) is 2.37. The Balaban J connectivity index is 1.86. The molecule has 8 heteroatoms. The van der Waals surface area contributed by atoms with Crippen LogP contribution in [0.25, 0.3) is 0 Å². The highest BCUT2D eigenvalue weighted by Crippen LogP contribution is 2.15. The van der Waals surface area contributed by atoms with Crippen LogP contribution in [0.5, 0.6) is 0 Å². The second-order valence-corrected chi connectivity index (χ2v) is 6.07. The number of benzene rings is 1. The zero-order chi connectivity index (χ0) is 18.4. The molecule has 1 heterocycles. The van der Waals surface area contributed by atoms with Crippen molar-refractivity contribution in [2.75, 3.05) is 6.61 Å². The van der Waals surface area contributed by atoms with Gasteiger partial charge in [-0.2, -0.15) is 5.10 Å². The minimum atomic E-state index is -1.11. The second kappa shape index (κ2) is 8.64. The Hall–Kier alpha value is -2.38. The maximum absolute atomic E-state index is 12.0. The summed E-state index contributed by atoms with van der Waals surface area (Å²) in [5.41, 5.74) is 2.27. The van der Waals surface area contributed by atoms with Gasteiger partial charge in [-0.1, -0.05) is 29.8 Å². The molecule has 1 amide bonds. The van der Waals surface area contributed by atoms with Crippen LogP contribution in [0.3, 0.4) is 0 Å². The van der Waals surface area contributed by atoms with Gasteiger partial charge in [-0.15, -0.1) is 0 Å². The Labute approximate surface area is 150 Å². The molecule has 0 aliphatic rings. The number of aromatic nitrogens is 2. The third-order valence-corrected chi connectivity index (χ3v) is 3.99. The third kappa shape index (κ3) is 5.58. The topological polar surface area (TPSA) is 93.5 Å². The lowest BCUT2D eigenvalue weighted by molar-refractivity contribution is -0.142. The van der Waals surface area contributed by atoms with E-state index in [9.17, 15) is 14.7 Å². The van der Waals surface area contributed by atoms with Crippen LogP contribution >= 0.6 is 11.6 Å². The first kappa shape index (κ1) is 19.0. The van der Waals surface area contributed by atoms with Crippen molar-refractivity contribution in [1.82, 2.24) is 15.1 Å². The van der Waals surface area contributed by atoms with E-state index in [4.69, 9.17) is 16.3 Å². The predicted octanol–water partition coefficient (Wildman–Crippen LogP) is 1.71. The predicted molar refractivity (Wildman–Crippen MR) is 92.3 cm³/mol. The van der Waals surface area contributed by atoms with Crippen LogP contribution in [-0.4, -0.2) is 39.4 Å². The Kier molecular flexibility index (Phi) is 6.55. The fraction of sp³-hybridized carbons (Fsp3) is 0.353. The Morgan fingerprint density at radius 2 is 2.08 bits per heavy atom. The number of hydrogen-bond donors (Lipinski definition) is 2. The molecule has 1 unspecified atom stereocenters. The van der Waals surface area contributed by atoms with E-state index in [1.165, 1.54) is 0 Å². The smallest absolute Gasteiger partial charge is 0.326 e. The molecule has 1 aromatic carbocycles. The number of nitrogens with one attached hydrogen (secondary N) is 1. The van der Waals surface area contributed by atoms with E-state index in [0.717, 1.165) is 16.8 Å². The Bertz CT molecular complexity index is 760. The summed E-state index contributed by atoms with van der Waals surface area (Å²) in [4.78, 5) is 23.4. The number of ether oxygens (including phenoxy) is 1. The molecule has 134 valence electrons. The van der Waals surface area contributed by atoms with E-state index >= 15 is 0 Å². The Morgan fingerprint density at radius 1 is 1.36 bits per heavy atom. The van der Waals surface area contributed by atoms with E-state index in [-0.39, 0.29) is 19.6 Å². The van der Waals surface area contributed by atoms with E-state index in [1.807, 2.05) is 6.07 Å². The highest BCUT2D eigenvalue weighted by molar-refractivity contribution is 6.31. The molecule has 0 saturated carbocycles. The summed E-state index contributed by atoms with van der Waals surface area (Å²) in [5.74, 6) is -1.61. The molecule has 2 rings (SSSR count). The molecule has 0 aliphatic carbocycles. The van der Waals surface area contributed by atoms with Gasteiger partial charge in [0.15, 0.2) is 0 Å². The van der Waals surface area contributed by atoms with Crippen molar-refractivity contribution < 1.29 is 19.4 Å². The molecule has 0 spiro atoms. The number of halogens is 1. The standard InChI is InChI=1S/C17H20ClN3O4/c1-11-13(8-21(2)20-11)7-15(17(23)24)19-16(22)10-25-9-12-5-3-4-6-14(12)18/h3-6,8,15H,7,9-10H2,1-2H3,(H,19,22)(H,23,24). The van der Waals surface area contributed by atoms with Gasteiger partial charge in [-0.05, 0) is 24.1 Å². The average Bonchev–Trinajstić information content (AvgIpc) is 2.86. The molecule has 0 aliphatic heterocycles. The summed E-state index contributed by atoms with van der Waals surface area (Å²) in [6.07, 6.45) is 1.90. The molecule has 1 atom stereocenters. The molecular weight excluding hydrogens is 346 g/mol. The maximum Gasteiger partial charge on any atom is 0.326 e. The molecule has 0 fully saturated rings. The van der Waals surface area contributed by atoms with Gasteiger partial charge in [0.05, 0.1) is 12.3 Å². The summed E-state index contributed by atoms with van der Waals surface area (Å²) in [5, 5.41) is 16.5. The third-order valence-electron chi connectivity index (χ3n) is 3.62. The van der Waals surface area contributed by atoms with Crippen LogP contribution in [-0.2, 0) is 34.4 Å². The molecule has 25 heavy (non-hydrogen) atoms. The number of carboxylic acid groups (broad SMARTS) is 1. The number of carboxylic acids is 1. The first-order valence-corrected chi connectivity index (χ1v) is 8.07. The van der Waals surface area contributed by atoms with Crippen molar-refractivity contribution in [2.24, 2.45) is 7.05 Å². The van der Waals surface area contributed by atoms with Crippen molar-refractivity contribution in [3.8, 4) is 0 Å². The van der Waals surface area contributed by atoms with Gasteiger partial charge < -0.3 is 15.2 Å². The summed E-state index contributed by atoms with van der Waals surface area (Å²) >= 11 is 6.01. The van der Waals surface area contributed by atoms with Gasteiger partial charge in [0.2, 0.25) is 5.91 Å². The van der Waals surface area contributed by atoms with E-state index in [0.29, 0.717) is 5.02 Å². The molecule has 7 nitrogen and oxygen atoms in total. The number of aryl methyl sites for hydroxylation is 2.